The highest BCUT2D eigenvalue weighted by molar-refractivity contribution is 5.57. The van der Waals surface area contributed by atoms with Crippen molar-refractivity contribution >= 4 is 5.76 Å². The summed E-state index contributed by atoms with van der Waals surface area (Å²) < 4.78 is 5.38. The number of rotatable bonds is 4. The molecule has 76 valence electrons. The first kappa shape index (κ1) is 10.8. The first-order chi connectivity index (χ1) is 6.63. The minimum absolute atomic E-state index is 0.00484. The van der Waals surface area contributed by atoms with Crippen LogP contribution in [0.4, 0.5) is 0 Å². The molecule has 0 radical (unpaired) electrons. The Balaban J connectivity index is 2.65. The fraction of sp³-hybridized carbons (Fsp3) is 0.333. The van der Waals surface area contributed by atoms with Crippen molar-refractivity contribution in [3.05, 3.63) is 42.0 Å². The van der Waals surface area contributed by atoms with E-state index in [1.807, 2.05) is 31.2 Å². The molecule has 1 atom stereocenters. The average Bonchev–Trinajstić information content (AvgIpc) is 2.18. The molecule has 0 fully saturated rings. The van der Waals surface area contributed by atoms with Gasteiger partial charge < -0.3 is 9.84 Å². The van der Waals surface area contributed by atoms with E-state index in [-0.39, 0.29) is 12.7 Å². The van der Waals surface area contributed by atoms with Gasteiger partial charge in [0.05, 0.1) is 6.61 Å². The maximum Gasteiger partial charge on any atom is 0.119 e. The summed E-state index contributed by atoms with van der Waals surface area (Å²) in [6.07, 6.45) is -0.205. The van der Waals surface area contributed by atoms with Crippen LogP contribution in [0.25, 0.3) is 5.76 Å². The zero-order chi connectivity index (χ0) is 10.6. The van der Waals surface area contributed by atoms with Gasteiger partial charge in [-0.25, -0.2) is 0 Å². The predicted molar refractivity (Wildman–Crippen MR) is 57.8 cm³/mol. The molecule has 2 nitrogen and oxygen atoms in total. The van der Waals surface area contributed by atoms with Gasteiger partial charge in [-0.15, -0.1) is 0 Å². The monoisotopic (exact) mass is 192 g/mol. The van der Waals surface area contributed by atoms with E-state index in [9.17, 15) is 0 Å². The first-order valence-corrected chi connectivity index (χ1v) is 4.67. The summed E-state index contributed by atoms with van der Waals surface area (Å²) in [6, 6.07) is 7.94. The van der Waals surface area contributed by atoms with Gasteiger partial charge in [0.25, 0.3) is 0 Å². The molecule has 1 aromatic carbocycles. The molecule has 0 aliphatic heterocycles. The molecule has 0 aromatic heterocycles. The van der Waals surface area contributed by atoms with Gasteiger partial charge in [-0.1, -0.05) is 36.4 Å². The Hall–Kier alpha value is -1.28. The van der Waals surface area contributed by atoms with E-state index in [4.69, 9.17) is 9.84 Å². The molecule has 0 amide bonds. The van der Waals surface area contributed by atoms with Gasteiger partial charge in [0.2, 0.25) is 0 Å². The van der Waals surface area contributed by atoms with Crippen LogP contribution in [0.15, 0.2) is 30.8 Å². The summed E-state index contributed by atoms with van der Waals surface area (Å²) in [7, 11) is 0. The molecule has 1 aromatic rings. The van der Waals surface area contributed by atoms with Crippen molar-refractivity contribution in [3.63, 3.8) is 0 Å². The van der Waals surface area contributed by atoms with Crippen LogP contribution in [-0.2, 0) is 4.74 Å². The Morgan fingerprint density at radius 3 is 2.50 bits per heavy atom. The summed E-state index contributed by atoms with van der Waals surface area (Å²) in [6.45, 7) is 7.65. The molecular weight excluding hydrogens is 176 g/mol. The SMILES string of the molecule is C=C(OC(C)CO)c1ccc(C)cc1. The quantitative estimate of drug-likeness (QED) is 0.742. The lowest BCUT2D eigenvalue weighted by molar-refractivity contribution is 0.107. The van der Waals surface area contributed by atoms with Crippen LogP contribution in [0.3, 0.4) is 0 Å². The fourth-order valence-electron chi connectivity index (χ4n) is 1.09. The number of benzene rings is 1. The molecule has 0 aliphatic rings. The first-order valence-electron chi connectivity index (χ1n) is 4.67. The van der Waals surface area contributed by atoms with E-state index in [1.165, 1.54) is 5.56 Å². The highest BCUT2D eigenvalue weighted by Gasteiger charge is 2.04. The number of ether oxygens (including phenoxy) is 1. The molecule has 0 spiro atoms. The van der Waals surface area contributed by atoms with Gasteiger partial charge in [0.1, 0.15) is 11.9 Å². The topological polar surface area (TPSA) is 29.5 Å². The van der Waals surface area contributed by atoms with E-state index < -0.39 is 0 Å². The van der Waals surface area contributed by atoms with Crippen LogP contribution in [0, 0.1) is 6.92 Å². The van der Waals surface area contributed by atoms with Crippen LogP contribution >= 0.6 is 0 Å². The molecule has 0 bridgehead atoms. The van der Waals surface area contributed by atoms with Gasteiger partial charge in [0, 0.05) is 5.56 Å². The van der Waals surface area contributed by atoms with E-state index >= 15 is 0 Å². The molecule has 14 heavy (non-hydrogen) atoms. The standard InChI is InChI=1S/C12H16O2/c1-9-4-6-12(7-5-9)11(3)14-10(2)8-13/h4-7,10,13H,3,8H2,1-2H3. The summed E-state index contributed by atoms with van der Waals surface area (Å²) in [5, 5.41) is 8.81. The third-order valence-corrected chi connectivity index (χ3v) is 1.97. The van der Waals surface area contributed by atoms with Crippen LogP contribution < -0.4 is 0 Å². The molecular formula is C12H16O2. The normalized spacial score (nSPS) is 12.2. The smallest absolute Gasteiger partial charge is 0.119 e. The number of aliphatic hydroxyl groups is 1. The van der Waals surface area contributed by atoms with Crippen molar-refractivity contribution in [2.45, 2.75) is 20.0 Å². The summed E-state index contributed by atoms with van der Waals surface area (Å²) >= 11 is 0. The largest absolute Gasteiger partial charge is 0.488 e. The molecule has 0 saturated carbocycles. The third kappa shape index (κ3) is 2.89. The number of hydrogen-bond donors (Lipinski definition) is 1. The summed E-state index contributed by atoms with van der Waals surface area (Å²) in [5.41, 5.74) is 2.16. The van der Waals surface area contributed by atoms with E-state index in [2.05, 4.69) is 6.58 Å². The number of aliphatic hydroxyl groups excluding tert-OH is 1. The molecule has 0 aliphatic carbocycles. The maximum atomic E-state index is 8.81. The Kier molecular flexibility index (Phi) is 3.72. The molecule has 0 saturated heterocycles. The van der Waals surface area contributed by atoms with E-state index in [0.717, 1.165) is 5.56 Å². The number of aryl methyl sites for hydroxylation is 1. The Bertz CT molecular complexity index is 301. The summed E-state index contributed by atoms with van der Waals surface area (Å²) in [5.74, 6) is 0.603. The van der Waals surface area contributed by atoms with Crippen molar-refractivity contribution < 1.29 is 9.84 Å². The van der Waals surface area contributed by atoms with Crippen molar-refractivity contribution in [2.24, 2.45) is 0 Å². The molecule has 2 heteroatoms. The minimum Gasteiger partial charge on any atom is -0.488 e. The zero-order valence-electron chi connectivity index (χ0n) is 8.66. The average molecular weight is 192 g/mol. The lowest BCUT2D eigenvalue weighted by atomic mass is 10.1. The van der Waals surface area contributed by atoms with Crippen LogP contribution in [0.5, 0.6) is 0 Å². The Morgan fingerprint density at radius 1 is 1.43 bits per heavy atom. The van der Waals surface area contributed by atoms with Crippen molar-refractivity contribution in [1.29, 1.82) is 0 Å². The van der Waals surface area contributed by atoms with E-state index in [0.29, 0.717) is 5.76 Å². The highest BCUT2D eigenvalue weighted by Crippen LogP contribution is 2.15. The minimum atomic E-state index is -0.205. The lowest BCUT2D eigenvalue weighted by Crippen LogP contribution is -2.11. The Labute approximate surface area is 84.8 Å². The second-order valence-electron chi connectivity index (χ2n) is 3.40. The van der Waals surface area contributed by atoms with Crippen LogP contribution in [0.1, 0.15) is 18.1 Å². The van der Waals surface area contributed by atoms with Crippen molar-refractivity contribution in [3.8, 4) is 0 Å². The molecule has 1 rings (SSSR count). The van der Waals surface area contributed by atoms with Gasteiger partial charge >= 0.3 is 0 Å². The van der Waals surface area contributed by atoms with Crippen LogP contribution in [0.2, 0.25) is 0 Å². The molecule has 1 unspecified atom stereocenters. The van der Waals surface area contributed by atoms with E-state index in [1.54, 1.807) is 6.92 Å². The van der Waals surface area contributed by atoms with Crippen LogP contribution in [-0.4, -0.2) is 17.8 Å². The molecule has 1 N–H and O–H groups in total. The Morgan fingerprint density at radius 2 is 2.00 bits per heavy atom. The second-order valence-corrected chi connectivity index (χ2v) is 3.40. The second kappa shape index (κ2) is 4.82. The van der Waals surface area contributed by atoms with Gasteiger partial charge in [-0.05, 0) is 13.8 Å². The third-order valence-electron chi connectivity index (χ3n) is 1.97. The van der Waals surface area contributed by atoms with Gasteiger partial charge in [0.15, 0.2) is 0 Å². The zero-order valence-corrected chi connectivity index (χ0v) is 8.66. The summed E-state index contributed by atoms with van der Waals surface area (Å²) in [4.78, 5) is 0. The van der Waals surface area contributed by atoms with Crippen molar-refractivity contribution in [2.75, 3.05) is 6.61 Å². The number of hydrogen-bond acceptors (Lipinski definition) is 2. The fourth-order valence-corrected chi connectivity index (χ4v) is 1.09. The molecule has 0 heterocycles. The van der Waals surface area contributed by atoms with Gasteiger partial charge in [-0.2, -0.15) is 0 Å². The van der Waals surface area contributed by atoms with Gasteiger partial charge in [-0.3, -0.25) is 0 Å². The van der Waals surface area contributed by atoms with Crippen molar-refractivity contribution in [1.82, 2.24) is 0 Å². The maximum absolute atomic E-state index is 8.81. The lowest BCUT2D eigenvalue weighted by Gasteiger charge is -2.14. The predicted octanol–water partition coefficient (Wildman–Crippen LogP) is 2.36. The highest BCUT2D eigenvalue weighted by atomic mass is 16.5.